The van der Waals surface area contributed by atoms with Gasteiger partial charge in [-0.15, -0.1) is 0 Å². The van der Waals surface area contributed by atoms with Crippen molar-refractivity contribution in [3.05, 3.63) is 54.7 Å². The third-order valence-corrected chi connectivity index (χ3v) is 11.3. The summed E-state index contributed by atoms with van der Waals surface area (Å²) in [6.45, 7) is 15.8. The van der Waals surface area contributed by atoms with E-state index in [0.717, 1.165) is 11.5 Å². The Morgan fingerprint density at radius 3 is 2.19 bits per heavy atom. The summed E-state index contributed by atoms with van der Waals surface area (Å²) in [5, 5.41) is 1.38. The fourth-order valence-corrected chi connectivity index (χ4v) is 8.64. The zero-order valence-electron chi connectivity index (χ0n) is 17.3. The molecule has 0 heterocycles. The Morgan fingerprint density at radius 1 is 1.12 bits per heavy atom. The second kappa shape index (κ2) is 8.30. The van der Waals surface area contributed by atoms with Crippen molar-refractivity contribution in [2.45, 2.75) is 57.7 Å². The van der Waals surface area contributed by atoms with Crippen LogP contribution in [0, 0.1) is 0 Å². The molecule has 0 radical (unpaired) electrons. The van der Waals surface area contributed by atoms with Gasteiger partial charge in [0.1, 0.15) is 26.2 Å². The lowest BCUT2D eigenvalue weighted by molar-refractivity contribution is 0.351. The molecule has 0 spiro atoms. The predicted octanol–water partition coefficient (Wildman–Crippen LogP) is 5.75. The maximum absolute atomic E-state index is 6.33. The Bertz CT molecular complexity index is 679. The number of allylic oxidation sites excluding steroid dienone is 4. The number of hydrogen-bond acceptors (Lipinski definition) is 2. The van der Waals surface area contributed by atoms with E-state index >= 15 is 0 Å². The highest BCUT2D eigenvalue weighted by atomic mass is 28.3. The average Bonchev–Trinajstić information content (AvgIpc) is 3.15. The van der Waals surface area contributed by atoms with E-state index in [2.05, 4.69) is 77.6 Å². The van der Waals surface area contributed by atoms with Crippen LogP contribution < -0.4 is 14.7 Å². The molecule has 0 saturated heterocycles. The van der Waals surface area contributed by atoms with Crippen molar-refractivity contribution in [1.29, 1.82) is 0 Å². The molecule has 0 bridgehead atoms. The molecule has 2 rings (SSSR count). The zero-order chi connectivity index (χ0) is 19.4. The predicted molar refractivity (Wildman–Crippen MR) is 116 cm³/mol. The van der Waals surface area contributed by atoms with E-state index in [1.54, 1.807) is 7.11 Å². The number of ether oxygens (including phenoxy) is 2. The lowest BCUT2D eigenvalue weighted by atomic mass is 9.86. The van der Waals surface area contributed by atoms with Crippen molar-refractivity contribution in [1.82, 2.24) is 0 Å². The van der Waals surface area contributed by atoms with E-state index in [-0.39, 0.29) is 5.41 Å². The summed E-state index contributed by atoms with van der Waals surface area (Å²) < 4.78 is 12.0. The normalized spacial score (nSPS) is 14.7. The van der Waals surface area contributed by atoms with Gasteiger partial charge in [0.25, 0.3) is 0 Å². The third-order valence-electron chi connectivity index (χ3n) is 5.64. The van der Waals surface area contributed by atoms with E-state index in [4.69, 9.17) is 9.47 Å². The summed E-state index contributed by atoms with van der Waals surface area (Å²) in [5.41, 5.74) is 1.70. The van der Waals surface area contributed by atoms with Gasteiger partial charge in [-0.3, -0.25) is 0 Å². The van der Waals surface area contributed by atoms with Gasteiger partial charge in [-0.2, -0.15) is 0 Å². The topological polar surface area (TPSA) is 18.5 Å². The van der Waals surface area contributed by atoms with Crippen LogP contribution >= 0.6 is 0 Å². The molecule has 0 aromatic heterocycles. The Morgan fingerprint density at radius 2 is 1.73 bits per heavy atom. The molecule has 0 atom stereocenters. The first kappa shape index (κ1) is 20.6. The Labute approximate surface area is 160 Å². The van der Waals surface area contributed by atoms with Crippen LogP contribution in [0.2, 0.25) is 17.6 Å². The zero-order valence-corrected chi connectivity index (χ0v) is 18.3. The molecule has 1 aliphatic rings. The molecule has 2 nitrogen and oxygen atoms in total. The summed E-state index contributed by atoms with van der Waals surface area (Å²) in [4.78, 5) is 0. The van der Waals surface area contributed by atoms with Gasteiger partial charge in [0.2, 0.25) is 0 Å². The molecular weight excluding hydrogens is 336 g/mol. The molecule has 142 valence electrons. The van der Waals surface area contributed by atoms with E-state index < -0.39 is 8.07 Å². The molecule has 0 unspecified atom stereocenters. The number of rotatable bonds is 8. The van der Waals surface area contributed by atoms with E-state index in [0.29, 0.717) is 12.1 Å². The van der Waals surface area contributed by atoms with Gasteiger partial charge in [0.05, 0.1) is 7.11 Å². The SMILES string of the molecule is C=CCOc1c(C(C)(C)C)cc(OC)cc1[Si](CC)(CC)C1C=CC=C1. The van der Waals surface area contributed by atoms with Crippen LogP contribution in [0.15, 0.2) is 49.1 Å². The Kier molecular flexibility index (Phi) is 6.57. The molecule has 0 N–H and O–H groups in total. The highest BCUT2D eigenvalue weighted by Gasteiger charge is 2.42. The molecule has 0 fully saturated rings. The Hall–Kier alpha value is -1.74. The molecule has 26 heavy (non-hydrogen) atoms. The summed E-state index contributed by atoms with van der Waals surface area (Å²) >= 11 is 0. The summed E-state index contributed by atoms with van der Waals surface area (Å²) in [5.74, 6) is 1.99. The van der Waals surface area contributed by atoms with Crippen molar-refractivity contribution in [3.63, 3.8) is 0 Å². The largest absolute Gasteiger partial charge is 0.497 e. The number of benzene rings is 1. The summed E-state index contributed by atoms with van der Waals surface area (Å²) in [6, 6.07) is 6.73. The van der Waals surface area contributed by atoms with Gasteiger partial charge in [-0.05, 0) is 28.3 Å². The van der Waals surface area contributed by atoms with E-state index in [9.17, 15) is 0 Å². The lowest BCUT2D eigenvalue weighted by Crippen LogP contribution is -2.50. The molecule has 1 aliphatic carbocycles. The van der Waals surface area contributed by atoms with Gasteiger partial charge in [0.15, 0.2) is 0 Å². The van der Waals surface area contributed by atoms with Crippen molar-refractivity contribution < 1.29 is 9.47 Å². The first-order valence-electron chi connectivity index (χ1n) is 9.65. The summed E-state index contributed by atoms with van der Waals surface area (Å²) in [6.07, 6.45) is 10.9. The second-order valence-electron chi connectivity index (χ2n) is 8.06. The first-order valence-corrected chi connectivity index (χ1v) is 12.1. The van der Waals surface area contributed by atoms with Crippen LogP contribution in [0.3, 0.4) is 0 Å². The third kappa shape index (κ3) is 3.83. The highest BCUT2D eigenvalue weighted by Crippen LogP contribution is 2.41. The van der Waals surface area contributed by atoms with Crippen LogP contribution in [-0.4, -0.2) is 21.8 Å². The second-order valence-corrected chi connectivity index (χ2v) is 13.0. The maximum Gasteiger partial charge on any atom is 0.123 e. The smallest absolute Gasteiger partial charge is 0.123 e. The molecular formula is C23H34O2Si. The average molecular weight is 371 g/mol. The Balaban J connectivity index is 2.80. The van der Waals surface area contributed by atoms with Crippen LogP contribution in [0.4, 0.5) is 0 Å². The van der Waals surface area contributed by atoms with Gasteiger partial charge in [-0.25, -0.2) is 0 Å². The minimum absolute atomic E-state index is 0.0250. The van der Waals surface area contributed by atoms with E-state index in [1.807, 2.05) is 6.08 Å². The summed E-state index contributed by atoms with van der Waals surface area (Å²) in [7, 11) is -0.0955. The van der Waals surface area contributed by atoms with Crippen molar-refractivity contribution in [3.8, 4) is 11.5 Å². The molecule has 0 aliphatic heterocycles. The van der Waals surface area contributed by atoms with Gasteiger partial charge in [0, 0.05) is 5.56 Å². The minimum Gasteiger partial charge on any atom is -0.497 e. The van der Waals surface area contributed by atoms with Crippen molar-refractivity contribution in [2.24, 2.45) is 0 Å². The molecule has 3 heteroatoms. The number of hydrogen-bond donors (Lipinski definition) is 0. The van der Waals surface area contributed by atoms with Gasteiger partial charge < -0.3 is 9.47 Å². The molecule has 1 aromatic rings. The van der Waals surface area contributed by atoms with Crippen LogP contribution in [0.25, 0.3) is 0 Å². The molecule has 0 amide bonds. The molecule has 0 saturated carbocycles. The lowest BCUT2D eigenvalue weighted by Gasteiger charge is -2.38. The van der Waals surface area contributed by atoms with Crippen molar-refractivity contribution >= 4 is 13.3 Å². The monoisotopic (exact) mass is 370 g/mol. The van der Waals surface area contributed by atoms with Crippen molar-refractivity contribution in [2.75, 3.05) is 13.7 Å². The minimum atomic E-state index is -1.85. The highest BCUT2D eigenvalue weighted by molar-refractivity contribution is 6.94. The van der Waals surface area contributed by atoms with Crippen LogP contribution in [-0.2, 0) is 5.41 Å². The quantitative estimate of drug-likeness (QED) is 0.428. The van der Waals surface area contributed by atoms with E-state index in [1.165, 1.54) is 22.8 Å². The van der Waals surface area contributed by atoms with Crippen LogP contribution in [0.1, 0.15) is 40.2 Å². The van der Waals surface area contributed by atoms with Gasteiger partial charge in [-0.1, -0.05) is 83.7 Å². The molecule has 1 aromatic carbocycles. The number of methoxy groups -OCH3 is 1. The maximum atomic E-state index is 6.33. The standard InChI is InChI=1S/C23H34O2Si/c1-8-15-25-22-20(23(4,5)6)16-18(24-7)17-21(22)26(9-2,10-3)19-13-11-12-14-19/h8,11-14,16-17,19H,1,9-10,15H2,2-7H3. The fraction of sp³-hybridized carbons (Fsp3) is 0.478. The van der Waals surface area contributed by atoms with Gasteiger partial charge >= 0.3 is 0 Å². The fourth-order valence-electron chi connectivity index (χ4n) is 4.03. The van der Waals surface area contributed by atoms with Crippen LogP contribution in [0.5, 0.6) is 11.5 Å². The first-order chi connectivity index (χ1) is 12.3.